The molecule has 3 nitrogen and oxygen atoms in total. The summed E-state index contributed by atoms with van der Waals surface area (Å²) in [4.78, 5) is 4.63. The van der Waals surface area contributed by atoms with Gasteiger partial charge in [-0.15, -0.1) is 0 Å². The van der Waals surface area contributed by atoms with Gasteiger partial charge in [-0.1, -0.05) is 0 Å². The zero-order valence-electron chi connectivity index (χ0n) is 9.70. The van der Waals surface area contributed by atoms with Crippen LogP contribution < -0.4 is 5.32 Å². The van der Waals surface area contributed by atoms with Crippen LogP contribution in [0.2, 0.25) is 0 Å². The molecule has 0 spiro atoms. The third-order valence-electron chi connectivity index (χ3n) is 3.21. The van der Waals surface area contributed by atoms with Gasteiger partial charge in [0, 0.05) is 25.8 Å². The molecule has 1 aliphatic rings. The maximum atomic E-state index is 12.9. The van der Waals surface area contributed by atoms with E-state index in [1.165, 1.54) is 12.1 Å². The van der Waals surface area contributed by atoms with Crippen molar-refractivity contribution in [1.29, 1.82) is 0 Å². The monoisotopic (exact) mass is 233 g/mol. The normalized spacial score (nSPS) is 14.7. The standard InChI is InChI=1S/C13H14FN3.H2/c1-9-13(10-2-4-11(14)5-3-10)16-12-8-15-6-7-17(9)12;/h2-5,15H,6-8H2,1H3;1H. The van der Waals surface area contributed by atoms with Gasteiger partial charge in [-0.05, 0) is 31.2 Å². The molecule has 90 valence electrons. The Bertz CT molecular complexity index is 548. The lowest BCUT2D eigenvalue weighted by molar-refractivity contribution is 0.499. The summed E-state index contributed by atoms with van der Waals surface area (Å²) in [5.74, 6) is 0.852. The van der Waals surface area contributed by atoms with Crippen molar-refractivity contribution < 1.29 is 5.82 Å². The smallest absolute Gasteiger partial charge is 0.123 e. The Balaban J connectivity index is 0.00000120. The van der Waals surface area contributed by atoms with Crippen LogP contribution in [-0.2, 0) is 13.1 Å². The van der Waals surface area contributed by atoms with Crippen LogP contribution in [-0.4, -0.2) is 16.1 Å². The first-order valence-electron chi connectivity index (χ1n) is 5.78. The number of imidazole rings is 1. The van der Waals surface area contributed by atoms with E-state index in [1.54, 1.807) is 12.1 Å². The van der Waals surface area contributed by atoms with Gasteiger partial charge >= 0.3 is 0 Å². The van der Waals surface area contributed by atoms with Crippen LogP contribution in [0.15, 0.2) is 24.3 Å². The summed E-state index contributed by atoms with van der Waals surface area (Å²) in [6.45, 7) is 4.81. The summed E-state index contributed by atoms with van der Waals surface area (Å²) >= 11 is 0. The van der Waals surface area contributed by atoms with E-state index >= 15 is 0 Å². The molecular formula is C13H16FN3. The van der Waals surface area contributed by atoms with E-state index in [9.17, 15) is 4.39 Å². The molecule has 1 N–H and O–H groups in total. The molecule has 0 fully saturated rings. The summed E-state index contributed by atoms with van der Waals surface area (Å²) in [5.41, 5.74) is 3.10. The van der Waals surface area contributed by atoms with Gasteiger partial charge in [0.25, 0.3) is 0 Å². The first kappa shape index (κ1) is 10.5. The van der Waals surface area contributed by atoms with Gasteiger partial charge in [0.15, 0.2) is 0 Å². The van der Waals surface area contributed by atoms with Gasteiger partial charge in [0.2, 0.25) is 0 Å². The topological polar surface area (TPSA) is 29.9 Å². The van der Waals surface area contributed by atoms with E-state index in [-0.39, 0.29) is 7.24 Å². The lowest BCUT2D eigenvalue weighted by Gasteiger charge is -2.15. The Hall–Kier alpha value is -1.68. The highest BCUT2D eigenvalue weighted by Crippen LogP contribution is 2.24. The lowest BCUT2D eigenvalue weighted by atomic mass is 10.1. The third kappa shape index (κ3) is 1.74. The van der Waals surface area contributed by atoms with E-state index < -0.39 is 0 Å². The fourth-order valence-corrected chi connectivity index (χ4v) is 2.30. The number of nitrogens with zero attached hydrogens (tertiary/aromatic N) is 2. The molecule has 17 heavy (non-hydrogen) atoms. The van der Waals surface area contributed by atoms with E-state index in [2.05, 4.69) is 21.8 Å². The number of hydrogen-bond acceptors (Lipinski definition) is 2. The number of aromatic nitrogens is 2. The second kappa shape index (κ2) is 3.96. The predicted octanol–water partition coefficient (Wildman–Crippen LogP) is 2.35. The van der Waals surface area contributed by atoms with Crippen LogP contribution in [0, 0.1) is 12.7 Å². The zero-order valence-corrected chi connectivity index (χ0v) is 9.70. The molecule has 0 atom stereocenters. The van der Waals surface area contributed by atoms with E-state index in [1.807, 2.05) is 0 Å². The number of fused-ring (bicyclic) bond motifs is 1. The number of hydrogen-bond donors (Lipinski definition) is 1. The molecule has 4 heteroatoms. The molecule has 2 aromatic rings. The highest BCUT2D eigenvalue weighted by molar-refractivity contribution is 5.62. The van der Waals surface area contributed by atoms with Crippen molar-refractivity contribution in [3.63, 3.8) is 0 Å². The molecule has 1 aromatic heterocycles. The van der Waals surface area contributed by atoms with Crippen LogP contribution in [0.3, 0.4) is 0 Å². The Morgan fingerprint density at radius 3 is 2.82 bits per heavy atom. The molecule has 3 rings (SSSR count). The van der Waals surface area contributed by atoms with Crippen molar-refractivity contribution in [2.75, 3.05) is 6.54 Å². The van der Waals surface area contributed by atoms with Crippen molar-refractivity contribution in [2.45, 2.75) is 20.0 Å². The van der Waals surface area contributed by atoms with E-state index in [0.29, 0.717) is 0 Å². The average Bonchev–Trinajstić information content (AvgIpc) is 2.69. The van der Waals surface area contributed by atoms with Crippen molar-refractivity contribution in [1.82, 2.24) is 14.9 Å². The molecule has 0 aliphatic carbocycles. The van der Waals surface area contributed by atoms with Crippen molar-refractivity contribution in [3.05, 3.63) is 41.6 Å². The van der Waals surface area contributed by atoms with Crippen molar-refractivity contribution in [2.24, 2.45) is 0 Å². The Morgan fingerprint density at radius 2 is 2.12 bits per heavy atom. The minimum atomic E-state index is -0.211. The fourth-order valence-electron chi connectivity index (χ4n) is 2.30. The Kier molecular flexibility index (Phi) is 2.44. The second-order valence-electron chi connectivity index (χ2n) is 4.30. The average molecular weight is 233 g/mol. The van der Waals surface area contributed by atoms with Gasteiger partial charge in [0.1, 0.15) is 11.6 Å². The molecular weight excluding hydrogens is 217 g/mol. The molecule has 0 radical (unpaired) electrons. The largest absolute Gasteiger partial charge is 0.329 e. The zero-order chi connectivity index (χ0) is 11.8. The van der Waals surface area contributed by atoms with Crippen molar-refractivity contribution in [3.8, 4) is 11.3 Å². The molecule has 0 saturated heterocycles. The second-order valence-corrected chi connectivity index (χ2v) is 4.30. The highest BCUT2D eigenvalue weighted by atomic mass is 19.1. The van der Waals surface area contributed by atoms with Gasteiger partial charge in [-0.3, -0.25) is 0 Å². The van der Waals surface area contributed by atoms with Gasteiger partial charge < -0.3 is 9.88 Å². The summed E-state index contributed by atoms with van der Waals surface area (Å²) in [5, 5.41) is 3.30. The molecule has 2 heterocycles. The van der Waals surface area contributed by atoms with E-state index in [4.69, 9.17) is 0 Å². The van der Waals surface area contributed by atoms with Crippen LogP contribution >= 0.6 is 0 Å². The highest BCUT2D eigenvalue weighted by Gasteiger charge is 2.17. The SMILES string of the molecule is Cc1c(-c2ccc(F)cc2)nc2n1CCNC2.[HH]. The summed E-state index contributed by atoms with van der Waals surface area (Å²) in [7, 11) is 0. The maximum absolute atomic E-state index is 12.9. The lowest BCUT2D eigenvalue weighted by Crippen LogP contribution is -2.28. The molecule has 0 amide bonds. The number of nitrogens with one attached hydrogen (secondary N) is 1. The molecule has 0 unspecified atom stereocenters. The van der Waals surface area contributed by atoms with Gasteiger partial charge in [0.05, 0.1) is 12.2 Å². The minimum Gasteiger partial charge on any atom is -0.329 e. The summed E-state index contributed by atoms with van der Waals surface area (Å²) in [6, 6.07) is 6.52. The number of benzene rings is 1. The van der Waals surface area contributed by atoms with Crippen LogP contribution in [0.4, 0.5) is 4.39 Å². The van der Waals surface area contributed by atoms with Crippen LogP contribution in [0.1, 0.15) is 12.9 Å². The minimum absolute atomic E-state index is 0. The van der Waals surface area contributed by atoms with Crippen LogP contribution in [0.5, 0.6) is 0 Å². The maximum Gasteiger partial charge on any atom is 0.123 e. The molecule has 1 aromatic carbocycles. The predicted molar refractivity (Wildman–Crippen MR) is 66.2 cm³/mol. The van der Waals surface area contributed by atoms with E-state index in [0.717, 1.165) is 42.4 Å². The third-order valence-corrected chi connectivity index (χ3v) is 3.21. The number of rotatable bonds is 1. The fraction of sp³-hybridized carbons (Fsp3) is 0.308. The first-order chi connectivity index (χ1) is 8.25. The summed E-state index contributed by atoms with van der Waals surface area (Å²) in [6.07, 6.45) is 0. The summed E-state index contributed by atoms with van der Waals surface area (Å²) < 4.78 is 15.1. The Morgan fingerprint density at radius 1 is 1.35 bits per heavy atom. The quantitative estimate of drug-likeness (QED) is 0.819. The van der Waals surface area contributed by atoms with Gasteiger partial charge in [-0.25, -0.2) is 9.37 Å². The molecule has 0 saturated carbocycles. The van der Waals surface area contributed by atoms with Gasteiger partial charge in [-0.2, -0.15) is 0 Å². The molecule has 1 aliphatic heterocycles. The Labute approximate surface area is 101 Å². The van der Waals surface area contributed by atoms with Crippen LogP contribution in [0.25, 0.3) is 11.3 Å². The first-order valence-corrected chi connectivity index (χ1v) is 5.78. The van der Waals surface area contributed by atoms with Crippen molar-refractivity contribution >= 4 is 0 Å². The number of halogens is 1. The molecule has 0 bridgehead atoms.